The predicted octanol–water partition coefficient (Wildman–Crippen LogP) is 2.46. The Morgan fingerprint density at radius 2 is 2.39 bits per heavy atom. The van der Waals surface area contributed by atoms with Crippen molar-refractivity contribution in [2.75, 3.05) is 14.2 Å². The number of nitrogens with one attached hydrogen (secondary N) is 1. The molecule has 98 valence electrons. The number of nitrogens with zero attached hydrogens (tertiary/aromatic N) is 1. The van der Waals surface area contributed by atoms with Crippen LogP contribution in [0.1, 0.15) is 31.2 Å². The zero-order valence-corrected chi connectivity index (χ0v) is 11.8. The molecule has 1 fully saturated rings. The lowest BCUT2D eigenvalue weighted by molar-refractivity contribution is 0.0298. The van der Waals surface area contributed by atoms with Gasteiger partial charge in [-0.25, -0.2) is 0 Å². The summed E-state index contributed by atoms with van der Waals surface area (Å²) < 4.78 is 5.73. The van der Waals surface area contributed by atoms with Crippen molar-refractivity contribution in [1.82, 2.24) is 10.3 Å². The summed E-state index contributed by atoms with van der Waals surface area (Å²) in [6.07, 6.45) is 8.30. The van der Waals surface area contributed by atoms with Crippen LogP contribution in [0.4, 0.5) is 0 Å². The van der Waals surface area contributed by atoms with Gasteiger partial charge in [-0.3, -0.25) is 4.98 Å². The first-order chi connectivity index (χ1) is 8.75. The molecule has 0 aliphatic heterocycles. The van der Waals surface area contributed by atoms with Crippen LogP contribution < -0.4 is 5.32 Å². The third-order valence-electron chi connectivity index (χ3n) is 3.93. The lowest BCUT2D eigenvalue weighted by Crippen LogP contribution is -2.53. The maximum atomic E-state index is 5.73. The molecule has 0 bridgehead atoms. The summed E-state index contributed by atoms with van der Waals surface area (Å²) in [5.41, 5.74) is 0.946. The summed E-state index contributed by atoms with van der Waals surface area (Å²) in [6, 6.07) is 4.07. The molecule has 1 N–H and O–H groups in total. The molecule has 1 aliphatic carbocycles. The Morgan fingerprint density at radius 3 is 3.00 bits per heavy atom. The van der Waals surface area contributed by atoms with Crippen molar-refractivity contribution in [3.63, 3.8) is 0 Å². The lowest BCUT2D eigenvalue weighted by atomic mass is 9.67. The molecule has 1 aliphatic rings. The van der Waals surface area contributed by atoms with Gasteiger partial charge in [-0.05, 0) is 24.5 Å². The largest absolute Gasteiger partial charge is 0.382 e. The van der Waals surface area contributed by atoms with E-state index in [0.29, 0.717) is 0 Å². The Labute approximate surface area is 114 Å². The highest BCUT2D eigenvalue weighted by molar-refractivity contribution is 7.80. The number of pyridine rings is 1. The van der Waals surface area contributed by atoms with E-state index in [0.717, 1.165) is 23.4 Å². The van der Waals surface area contributed by atoms with Gasteiger partial charge < -0.3 is 10.1 Å². The van der Waals surface area contributed by atoms with E-state index in [1.165, 1.54) is 12.8 Å². The van der Waals surface area contributed by atoms with Gasteiger partial charge in [0.2, 0.25) is 0 Å². The average molecular weight is 264 g/mol. The normalized spacial score (nSPS) is 27.8. The molecule has 1 aromatic rings. The molecule has 0 spiro atoms. The number of ether oxygens (including phenoxy) is 1. The summed E-state index contributed by atoms with van der Waals surface area (Å²) >= 11 is 5.59. The maximum Gasteiger partial charge on any atom is 0.0885 e. The van der Waals surface area contributed by atoms with Gasteiger partial charge in [0.15, 0.2) is 0 Å². The van der Waals surface area contributed by atoms with E-state index in [1.54, 1.807) is 13.3 Å². The monoisotopic (exact) mass is 264 g/mol. The SMILES string of the molecule is CNC(=S)C1(c2cccnc2)CCCCC1OC. The van der Waals surface area contributed by atoms with Crippen LogP contribution in [0, 0.1) is 0 Å². The lowest BCUT2D eigenvalue weighted by Gasteiger charge is -2.43. The van der Waals surface area contributed by atoms with Crippen LogP contribution in [-0.4, -0.2) is 30.2 Å². The van der Waals surface area contributed by atoms with E-state index in [4.69, 9.17) is 17.0 Å². The number of hydrogen-bond acceptors (Lipinski definition) is 3. The Hall–Kier alpha value is -1.00. The van der Waals surface area contributed by atoms with Crippen LogP contribution >= 0.6 is 12.2 Å². The highest BCUT2D eigenvalue weighted by Gasteiger charge is 2.46. The highest BCUT2D eigenvalue weighted by atomic mass is 32.1. The zero-order chi connectivity index (χ0) is 13.0. The fourth-order valence-electron chi connectivity index (χ4n) is 3.03. The molecule has 2 atom stereocenters. The second-order valence-electron chi connectivity index (χ2n) is 4.76. The fourth-order valence-corrected chi connectivity index (χ4v) is 3.38. The zero-order valence-electron chi connectivity index (χ0n) is 11.0. The first kappa shape index (κ1) is 13.4. The molecule has 1 heterocycles. The van der Waals surface area contributed by atoms with E-state index in [2.05, 4.69) is 16.4 Å². The van der Waals surface area contributed by atoms with Crippen molar-refractivity contribution >= 4 is 17.2 Å². The topological polar surface area (TPSA) is 34.2 Å². The van der Waals surface area contributed by atoms with Gasteiger partial charge >= 0.3 is 0 Å². The molecule has 2 unspecified atom stereocenters. The van der Waals surface area contributed by atoms with Gasteiger partial charge in [0.25, 0.3) is 0 Å². The van der Waals surface area contributed by atoms with Crippen molar-refractivity contribution in [2.24, 2.45) is 0 Å². The molecular formula is C14H20N2OS. The smallest absolute Gasteiger partial charge is 0.0885 e. The van der Waals surface area contributed by atoms with Crippen molar-refractivity contribution < 1.29 is 4.74 Å². The number of rotatable bonds is 3. The van der Waals surface area contributed by atoms with Crippen molar-refractivity contribution in [3.05, 3.63) is 30.1 Å². The number of aromatic nitrogens is 1. The minimum Gasteiger partial charge on any atom is -0.382 e. The maximum absolute atomic E-state index is 5.73. The minimum absolute atomic E-state index is 0.135. The quantitative estimate of drug-likeness (QED) is 0.850. The molecule has 1 saturated carbocycles. The molecule has 4 heteroatoms. The van der Waals surface area contributed by atoms with Gasteiger partial charge in [0.1, 0.15) is 0 Å². The van der Waals surface area contributed by atoms with Gasteiger partial charge in [0.05, 0.1) is 16.5 Å². The fraction of sp³-hybridized carbons (Fsp3) is 0.571. The van der Waals surface area contributed by atoms with E-state index in [9.17, 15) is 0 Å². The summed E-state index contributed by atoms with van der Waals surface area (Å²) in [7, 11) is 3.67. The van der Waals surface area contributed by atoms with Crippen molar-refractivity contribution in [3.8, 4) is 0 Å². The van der Waals surface area contributed by atoms with E-state index >= 15 is 0 Å². The number of thiocarbonyl (C=S) groups is 1. The van der Waals surface area contributed by atoms with Crippen LogP contribution in [0.25, 0.3) is 0 Å². The summed E-state index contributed by atoms with van der Waals surface area (Å²) in [4.78, 5) is 5.11. The molecule has 2 rings (SSSR count). The third-order valence-corrected chi connectivity index (χ3v) is 4.50. The Balaban J connectivity index is 2.48. The van der Waals surface area contributed by atoms with Crippen LogP contribution in [0.2, 0.25) is 0 Å². The molecule has 0 radical (unpaired) electrons. The van der Waals surface area contributed by atoms with Crippen LogP contribution in [0.15, 0.2) is 24.5 Å². The molecule has 1 aromatic heterocycles. The summed E-state index contributed by atoms with van der Waals surface area (Å²) in [5.74, 6) is 0. The molecule has 18 heavy (non-hydrogen) atoms. The number of methoxy groups -OCH3 is 1. The third kappa shape index (κ3) is 2.15. The predicted molar refractivity (Wildman–Crippen MR) is 76.8 cm³/mol. The average Bonchev–Trinajstić information content (AvgIpc) is 2.47. The van der Waals surface area contributed by atoms with Gasteiger partial charge in [-0.1, -0.05) is 31.1 Å². The highest BCUT2D eigenvalue weighted by Crippen LogP contribution is 2.41. The summed E-state index contributed by atoms with van der Waals surface area (Å²) in [6.45, 7) is 0. The van der Waals surface area contributed by atoms with Crippen LogP contribution in [0.3, 0.4) is 0 Å². The van der Waals surface area contributed by atoms with Gasteiger partial charge in [0, 0.05) is 26.6 Å². The molecular weight excluding hydrogens is 244 g/mol. The Morgan fingerprint density at radius 1 is 1.56 bits per heavy atom. The standard InChI is InChI=1S/C14H20N2OS/c1-15-13(18)14(11-6-5-9-16-10-11)8-4-3-7-12(14)17-2/h5-6,9-10,12H,3-4,7-8H2,1-2H3,(H,15,18). The van der Waals surface area contributed by atoms with Crippen molar-refractivity contribution in [2.45, 2.75) is 37.2 Å². The Kier molecular flexibility index (Phi) is 4.30. The molecule has 0 aromatic carbocycles. The molecule has 0 amide bonds. The summed E-state index contributed by atoms with van der Waals surface area (Å²) in [5, 5.41) is 3.16. The first-order valence-corrected chi connectivity index (χ1v) is 6.82. The minimum atomic E-state index is -0.217. The van der Waals surface area contributed by atoms with Gasteiger partial charge in [-0.15, -0.1) is 0 Å². The van der Waals surface area contributed by atoms with E-state index in [1.807, 2.05) is 19.3 Å². The van der Waals surface area contributed by atoms with Gasteiger partial charge in [-0.2, -0.15) is 0 Å². The second-order valence-corrected chi connectivity index (χ2v) is 5.17. The van der Waals surface area contributed by atoms with Crippen LogP contribution in [-0.2, 0) is 10.2 Å². The number of hydrogen-bond donors (Lipinski definition) is 1. The first-order valence-electron chi connectivity index (χ1n) is 6.41. The molecule has 3 nitrogen and oxygen atoms in total. The van der Waals surface area contributed by atoms with E-state index < -0.39 is 0 Å². The number of likely N-dealkylation sites (N-methyl/N-ethyl adjacent to an activating group) is 1. The van der Waals surface area contributed by atoms with E-state index in [-0.39, 0.29) is 11.5 Å². The Bertz CT molecular complexity index is 410. The second kappa shape index (κ2) is 5.76. The van der Waals surface area contributed by atoms with Crippen molar-refractivity contribution in [1.29, 1.82) is 0 Å². The molecule has 0 saturated heterocycles. The van der Waals surface area contributed by atoms with Crippen LogP contribution in [0.5, 0.6) is 0 Å².